The fourth-order valence-electron chi connectivity index (χ4n) is 4.20. The van der Waals surface area contributed by atoms with E-state index in [0.717, 1.165) is 47.5 Å². The molecule has 1 aliphatic heterocycles. The third-order valence-corrected chi connectivity index (χ3v) is 6.07. The minimum Gasteiger partial charge on any atom is -0.439 e. The molecule has 1 atom stereocenters. The molecule has 9 nitrogen and oxygen atoms in total. The molecule has 4 heterocycles. The number of ether oxygens (including phenoxy) is 1. The highest BCUT2D eigenvalue weighted by Gasteiger charge is 2.22. The molecular weight excluding hydrogens is 444 g/mol. The first kappa shape index (κ1) is 22.9. The van der Waals surface area contributed by atoms with Gasteiger partial charge in [-0.2, -0.15) is 5.10 Å². The Morgan fingerprint density at radius 1 is 1.11 bits per heavy atom. The molecule has 1 amide bonds. The van der Waals surface area contributed by atoms with E-state index in [1.54, 1.807) is 19.3 Å². The summed E-state index contributed by atoms with van der Waals surface area (Å²) in [5.74, 6) is 1.24. The lowest BCUT2D eigenvalue weighted by Crippen LogP contribution is -2.48. The van der Waals surface area contributed by atoms with Crippen molar-refractivity contribution in [1.82, 2.24) is 30.0 Å². The lowest BCUT2D eigenvalue weighted by Gasteiger charge is -2.34. The summed E-state index contributed by atoms with van der Waals surface area (Å²) in [6.45, 7) is 5.33. The molecule has 0 aliphatic carbocycles. The first-order valence-corrected chi connectivity index (χ1v) is 11.7. The number of nitrogens with zero attached hydrogens (tertiary/aromatic N) is 5. The summed E-state index contributed by atoms with van der Waals surface area (Å²) in [5, 5.41) is 17.3. The fourth-order valence-corrected chi connectivity index (χ4v) is 4.20. The number of aromatic amines is 1. The summed E-state index contributed by atoms with van der Waals surface area (Å²) in [4.78, 5) is 25.5. The zero-order chi connectivity index (χ0) is 24.2. The van der Waals surface area contributed by atoms with Crippen molar-refractivity contribution in [2.24, 2.45) is 0 Å². The average Bonchev–Trinajstić information content (AvgIpc) is 3.40. The minimum atomic E-state index is -0.599. The van der Waals surface area contributed by atoms with E-state index in [-0.39, 0.29) is 12.3 Å². The van der Waals surface area contributed by atoms with Gasteiger partial charge in [-0.1, -0.05) is 6.07 Å². The summed E-state index contributed by atoms with van der Waals surface area (Å²) in [6, 6.07) is 15.6. The third kappa shape index (κ3) is 5.64. The van der Waals surface area contributed by atoms with Gasteiger partial charge in [0.1, 0.15) is 5.75 Å². The van der Waals surface area contributed by atoms with Crippen LogP contribution in [0.2, 0.25) is 0 Å². The van der Waals surface area contributed by atoms with Crippen LogP contribution in [0, 0.1) is 0 Å². The molecule has 0 unspecified atom stereocenters. The number of aromatic nitrogens is 4. The van der Waals surface area contributed by atoms with E-state index in [1.807, 2.05) is 47.4 Å². The van der Waals surface area contributed by atoms with Gasteiger partial charge in [-0.3, -0.25) is 19.8 Å². The van der Waals surface area contributed by atoms with E-state index < -0.39 is 6.10 Å². The highest BCUT2D eigenvalue weighted by atomic mass is 16.5. The summed E-state index contributed by atoms with van der Waals surface area (Å²) < 4.78 is 5.94. The predicted molar refractivity (Wildman–Crippen MR) is 132 cm³/mol. The Labute approximate surface area is 203 Å². The Hall–Kier alpha value is -3.82. The SMILES string of the molecule is C[C@H](O)CC(=O)N1CCN(Cc2ccc3cc(Oc4ccc(-c5ccn[nH]5)cn4)ccc3n2)CC1. The number of benzene rings is 1. The van der Waals surface area contributed by atoms with E-state index in [1.165, 1.54) is 0 Å². The van der Waals surface area contributed by atoms with Crippen molar-refractivity contribution in [3.8, 4) is 22.9 Å². The number of aliphatic hydroxyl groups is 1. The van der Waals surface area contributed by atoms with Crippen LogP contribution in [0.1, 0.15) is 19.0 Å². The van der Waals surface area contributed by atoms with Gasteiger partial charge in [-0.05, 0) is 43.3 Å². The predicted octanol–water partition coefficient (Wildman–Crippen LogP) is 3.23. The molecule has 0 bridgehead atoms. The number of nitrogens with one attached hydrogen (secondary N) is 1. The summed E-state index contributed by atoms with van der Waals surface area (Å²) in [6.07, 6.45) is 3.04. The quantitative estimate of drug-likeness (QED) is 0.425. The second kappa shape index (κ2) is 10.2. The Morgan fingerprint density at radius 2 is 1.97 bits per heavy atom. The van der Waals surface area contributed by atoms with Crippen LogP contribution in [0.5, 0.6) is 11.6 Å². The van der Waals surface area contributed by atoms with E-state index in [9.17, 15) is 9.90 Å². The number of hydrogen-bond donors (Lipinski definition) is 2. The van der Waals surface area contributed by atoms with Crippen molar-refractivity contribution in [2.45, 2.75) is 26.0 Å². The van der Waals surface area contributed by atoms with Gasteiger partial charge in [0.05, 0.1) is 29.4 Å². The van der Waals surface area contributed by atoms with Gasteiger partial charge in [-0.25, -0.2) is 4.98 Å². The zero-order valence-corrected chi connectivity index (χ0v) is 19.6. The standard InChI is InChI=1S/C26H28N6O3/c1-18(33)14-26(34)32-12-10-31(11-13-32)17-21-4-2-19-15-22(5-6-23(19)29-21)35-25-7-3-20(16-27-25)24-8-9-28-30-24/h2-9,15-16,18,33H,10-14,17H2,1H3,(H,28,30)/t18-/m0/s1. The van der Waals surface area contributed by atoms with E-state index in [0.29, 0.717) is 24.7 Å². The smallest absolute Gasteiger partial charge is 0.225 e. The Morgan fingerprint density at radius 3 is 2.69 bits per heavy atom. The largest absolute Gasteiger partial charge is 0.439 e. The maximum Gasteiger partial charge on any atom is 0.225 e. The van der Waals surface area contributed by atoms with Crippen LogP contribution in [0.3, 0.4) is 0 Å². The van der Waals surface area contributed by atoms with Gasteiger partial charge < -0.3 is 14.7 Å². The number of amides is 1. The zero-order valence-electron chi connectivity index (χ0n) is 19.6. The van der Waals surface area contributed by atoms with Gasteiger partial charge in [-0.15, -0.1) is 0 Å². The molecule has 3 aromatic heterocycles. The number of carbonyl (C=O) groups excluding carboxylic acids is 1. The molecule has 0 spiro atoms. The van der Waals surface area contributed by atoms with Crippen LogP contribution < -0.4 is 4.74 Å². The Bertz CT molecular complexity index is 1280. The second-order valence-corrected chi connectivity index (χ2v) is 8.82. The summed E-state index contributed by atoms with van der Waals surface area (Å²) >= 11 is 0. The van der Waals surface area contributed by atoms with Gasteiger partial charge in [0.15, 0.2) is 0 Å². The number of carbonyl (C=O) groups is 1. The van der Waals surface area contributed by atoms with Crippen molar-refractivity contribution in [2.75, 3.05) is 26.2 Å². The Balaban J connectivity index is 1.19. The van der Waals surface area contributed by atoms with Crippen LogP contribution in [-0.4, -0.2) is 73.3 Å². The normalized spacial score (nSPS) is 15.3. The molecule has 5 rings (SSSR count). The van der Waals surface area contributed by atoms with Crippen molar-refractivity contribution >= 4 is 16.8 Å². The van der Waals surface area contributed by atoms with Crippen LogP contribution in [-0.2, 0) is 11.3 Å². The number of aliphatic hydroxyl groups excluding tert-OH is 1. The summed E-state index contributed by atoms with van der Waals surface area (Å²) in [7, 11) is 0. The van der Waals surface area contributed by atoms with Crippen molar-refractivity contribution < 1.29 is 14.6 Å². The molecule has 2 N–H and O–H groups in total. The van der Waals surface area contributed by atoms with E-state index in [4.69, 9.17) is 9.72 Å². The molecule has 0 radical (unpaired) electrons. The highest BCUT2D eigenvalue weighted by Crippen LogP contribution is 2.26. The van der Waals surface area contributed by atoms with Crippen molar-refractivity contribution in [3.63, 3.8) is 0 Å². The molecule has 1 aromatic carbocycles. The first-order chi connectivity index (χ1) is 17.0. The molecule has 1 saturated heterocycles. The van der Waals surface area contributed by atoms with Gasteiger partial charge in [0, 0.05) is 62.1 Å². The van der Waals surface area contributed by atoms with Gasteiger partial charge >= 0.3 is 0 Å². The molecule has 0 saturated carbocycles. The fraction of sp³-hybridized carbons (Fsp3) is 0.308. The number of hydrogen-bond acceptors (Lipinski definition) is 7. The number of H-pyrrole nitrogens is 1. The highest BCUT2D eigenvalue weighted by molar-refractivity contribution is 5.80. The Kier molecular flexibility index (Phi) is 6.69. The molecule has 35 heavy (non-hydrogen) atoms. The lowest BCUT2D eigenvalue weighted by atomic mass is 10.2. The van der Waals surface area contributed by atoms with Crippen LogP contribution in [0.15, 0.2) is 60.9 Å². The minimum absolute atomic E-state index is 0.0189. The number of pyridine rings is 2. The molecular formula is C26H28N6O3. The van der Waals surface area contributed by atoms with Crippen LogP contribution >= 0.6 is 0 Å². The third-order valence-electron chi connectivity index (χ3n) is 6.07. The second-order valence-electron chi connectivity index (χ2n) is 8.82. The number of rotatable bonds is 7. The monoisotopic (exact) mass is 472 g/mol. The topological polar surface area (TPSA) is 107 Å². The number of fused-ring (bicyclic) bond motifs is 1. The average molecular weight is 473 g/mol. The maximum atomic E-state index is 12.1. The first-order valence-electron chi connectivity index (χ1n) is 11.7. The lowest BCUT2D eigenvalue weighted by molar-refractivity contribution is -0.134. The molecule has 9 heteroatoms. The van der Waals surface area contributed by atoms with Crippen molar-refractivity contribution in [1.29, 1.82) is 0 Å². The van der Waals surface area contributed by atoms with Gasteiger partial charge in [0.25, 0.3) is 0 Å². The molecule has 1 fully saturated rings. The van der Waals surface area contributed by atoms with E-state index >= 15 is 0 Å². The summed E-state index contributed by atoms with van der Waals surface area (Å²) in [5.41, 5.74) is 3.75. The maximum absolute atomic E-state index is 12.1. The van der Waals surface area contributed by atoms with Gasteiger partial charge in [0.2, 0.25) is 11.8 Å². The van der Waals surface area contributed by atoms with E-state index in [2.05, 4.69) is 26.1 Å². The van der Waals surface area contributed by atoms with Crippen LogP contribution in [0.4, 0.5) is 0 Å². The number of piperazine rings is 1. The van der Waals surface area contributed by atoms with Crippen molar-refractivity contribution in [3.05, 3.63) is 66.6 Å². The molecule has 4 aromatic rings. The molecule has 1 aliphatic rings. The molecule has 180 valence electrons. The van der Waals surface area contributed by atoms with Crippen LogP contribution in [0.25, 0.3) is 22.2 Å².